The van der Waals surface area contributed by atoms with Crippen molar-refractivity contribution in [2.75, 3.05) is 7.11 Å². The van der Waals surface area contributed by atoms with Crippen LogP contribution < -0.4 is 0 Å². The summed E-state index contributed by atoms with van der Waals surface area (Å²) < 4.78 is 10.4. The van der Waals surface area contributed by atoms with Crippen LogP contribution in [0.3, 0.4) is 0 Å². The minimum atomic E-state index is -0.549. The molecule has 0 radical (unpaired) electrons. The Labute approximate surface area is 94.8 Å². The summed E-state index contributed by atoms with van der Waals surface area (Å²) in [5, 5.41) is 13.6. The maximum Gasteiger partial charge on any atom is 0.229 e. The fourth-order valence-electron chi connectivity index (χ4n) is 1.50. The second-order valence-electron chi connectivity index (χ2n) is 4.84. The van der Waals surface area contributed by atoms with Crippen molar-refractivity contribution in [3.63, 3.8) is 0 Å². The summed E-state index contributed by atoms with van der Waals surface area (Å²) in [5.41, 5.74) is -0.549. The first-order valence-corrected chi connectivity index (χ1v) is 5.59. The summed E-state index contributed by atoms with van der Waals surface area (Å²) in [6.07, 6.45) is 2.30. The van der Waals surface area contributed by atoms with Gasteiger partial charge >= 0.3 is 0 Å². The largest absolute Gasteiger partial charge is 0.392 e. The quantitative estimate of drug-likeness (QED) is 0.818. The summed E-state index contributed by atoms with van der Waals surface area (Å²) >= 11 is 0. The molecule has 1 aromatic heterocycles. The van der Waals surface area contributed by atoms with Crippen LogP contribution in [0, 0.1) is 5.92 Å². The molecular weight excluding hydrogens is 208 g/mol. The van der Waals surface area contributed by atoms with E-state index in [-0.39, 0.29) is 6.10 Å². The monoisotopic (exact) mass is 226 g/mol. The Bertz CT molecular complexity index is 358. The number of rotatable bonds is 5. The average Bonchev–Trinajstić information content (AvgIpc) is 2.99. The Balaban J connectivity index is 2.01. The molecule has 5 heteroatoms. The highest BCUT2D eigenvalue weighted by molar-refractivity contribution is 4.98. The van der Waals surface area contributed by atoms with Gasteiger partial charge in [-0.05, 0) is 32.6 Å². The lowest BCUT2D eigenvalue weighted by molar-refractivity contribution is 0.00973. The zero-order chi connectivity index (χ0) is 11.8. The molecule has 0 aromatic carbocycles. The third-order valence-corrected chi connectivity index (χ3v) is 3.07. The van der Waals surface area contributed by atoms with Gasteiger partial charge in [-0.1, -0.05) is 5.16 Å². The van der Waals surface area contributed by atoms with Gasteiger partial charge in [0.1, 0.15) is 5.60 Å². The first-order chi connectivity index (χ1) is 7.53. The van der Waals surface area contributed by atoms with E-state index in [0.29, 0.717) is 24.1 Å². The van der Waals surface area contributed by atoms with Crippen LogP contribution in [-0.4, -0.2) is 28.5 Å². The van der Waals surface area contributed by atoms with Crippen LogP contribution in [0.1, 0.15) is 38.4 Å². The minimum absolute atomic E-state index is 0.348. The van der Waals surface area contributed by atoms with Crippen LogP contribution in [0.15, 0.2) is 4.52 Å². The zero-order valence-electron chi connectivity index (χ0n) is 9.93. The third kappa shape index (κ3) is 2.41. The third-order valence-electron chi connectivity index (χ3n) is 3.07. The first kappa shape index (κ1) is 11.5. The first-order valence-electron chi connectivity index (χ1n) is 5.59. The molecule has 0 bridgehead atoms. The second-order valence-corrected chi connectivity index (χ2v) is 4.84. The van der Waals surface area contributed by atoms with E-state index in [0.717, 1.165) is 12.8 Å². The van der Waals surface area contributed by atoms with Crippen LogP contribution in [-0.2, 0) is 16.8 Å². The van der Waals surface area contributed by atoms with Gasteiger partial charge in [0.2, 0.25) is 11.7 Å². The van der Waals surface area contributed by atoms with E-state index in [9.17, 15) is 5.11 Å². The molecule has 90 valence electrons. The lowest BCUT2D eigenvalue weighted by Gasteiger charge is -2.17. The zero-order valence-corrected chi connectivity index (χ0v) is 9.93. The summed E-state index contributed by atoms with van der Waals surface area (Å²) in [6.45, 7) is 3.75. The van der Waals surface area contributed by atoms with Crippen molar-refractivity contribution in [1.82, 2.24) is 10.1 Å². The van der Waals surface area contributed by atoms with Gasteiger partial charge in [0.05, 0.1) is 12.5 Å². The molecule has 0 aliphatic heterocycles. The van der Waals surface area contributed by atoms with Crippen molar-refractivity contribution in [2.24, 2.45) is 5.92 Å². The summed E-state index contributed by atoms with van der Waals surface area (Å²) in [7, 11) is 1.61. The van der Waals surface area contributed by atoms with Gasteiger partial charge in [-0.3, -0.25) is 0 Å². The Hall–Kier alpha value is -0.940. The number of nitrogens with zero attached hydrogens (tertiary/aromatic N) is 2. The fraction of sp³-hybridized carbons (Fsp3) is 0.818. The number of ether oxygens (including phenoxy) is 1. The van der Waals surface area contributed by atoms with Crippen LogP contribution >= 0.6 is 0 Å². The lowest BCUT2D eigenvalue weighted by atomic mass is 10.1. The molecule has 1 saturated carbocycles. The lowest BCUT2D eigenvalue weighted by Crippen LogP contribution is -2.21. The molecule has 1 aromatic rings. The Morgan fingerprint density at radius 1 is 1.56 bits per heavy atom. The van der Waals surface area contributed by atoms with Gasteiger partial charge in [0, 0.05) is 7.11 Å². The van der Waals surface area contributed by atoms with Crippen LogP contribution in [0.25, 0.3) is 0 Å². The number of hydrogen-bond acceptors (Lipinski definition) is 5. The molecule has 1 unspecified atom stereocenters. The van der Waals surface area contributed by atoms with E-state index in [1.54, 1.807) is 7.11 Å². The number of methoxy groups -OCH3 is 1. The highest BCUT2D eigenvalue weighted by Gasteiger charge is 2.32. The number of aromatic nitrogens is 2. The van der Waals surface area contributed by atoms with Crippen molar-refractivity contribution in [3.05, 3.63) is 11.7 Å². The number of aliphatic hydroxyl groups is 1. The van der Waals surface area contributed by atoms with Crippen molar-refractivity contribution < 1.29 is 14.4 Å². The number of hydrogen-bond donors (Lipinski definition) is 1. The van der Waals surface area contributed by atoms with Gasteiger partial charge < -0.3 is 14.4 Å². The molecule has 2 rings (SSSR count). The predicted molar refractivity (Wildman–Crippen MR) is 56.8 cm³/mol. The van der Waals surface area contributed by atoms with Crippen LogP contribution in [0.5, 0.6) is 0 Å². The number of aliphatic hydroxyl groups excluding tert-OH is 1. The predicted octanol–water partition coefficient (Wildman–Crippen LogP) is 1.26. The van der Waals surface area contributed by atoms with Crippen molar-refractivity contribution >= 4 is 0 Å². The Morgan fingerprint density at radius 2 is 2.25 bits per heavy atom. The highest BCUT2D eigenvalue weighted by atomic mass is 16.5. The molecule has 5 nitrogen and oxygen atoms in total. The van der Waals surface area contributed by atoms with Crippen molar-refractivity contribution in [3.8, 4) is 0 Å². The minimum Gasteiger partial charge on any atom is -0.392 e. The summed E-state index contributed by atoms with van der Waals surface area (Å²) in [6, 6.07) is 0. The molecule has 1 aliphatic carbocycles. The molecule has 1 heterocycles. The SMILES string of the molecule is COC(C)(C)c1noc(CC(O)C2CC2)n1. The van der Waals surface area contributed by atoms with E-state index in [1.165, 1.54) is 0 Å². The topological polar surface area (TPSA) is 68.4 Å². The normalized spacial score (nSPS) is 18.8. The van der Waals surface area contributed by atoms with E-state index >= 15 is 0 Å². The molecule has 1 aliphatic rings. The van der Waals surface area contributed by atoms with Crippen LogP contribution in [0.2, 0.25) is 0 Å². The summed E-state index contributed by atoms with van der Waals surface area (Å²) in [4.78, 5) is 4.24. The van der Waals surface area contributed by atoms with Gasteiger partial charge in [0.15, 0.2) is 0 Å². The molecule has 0 spiro atoms. The standard InChI is InChI=1S/C11H18N2O3/c1-11(2,15-3)10-12-9(16-13-10)6-8(14)7-4-5-7/h7-8,14H,4-6H2,1-3H3. The van der Waals surface area contributed by atoms with Crippen molar-refractivity contribution in [2.45, 2.75) is 44.8 Å². The molecule has 0 amide bonds. The molecule has 1 N–H and O–H groups in total. The van der Waals surface area contributed by atoms with Gasteiger partial charge in [-0.25, -0.2) is 0 Å². The summed E-state index contributed by atoms with van der Waals surface area (Å²) in [5.74, 6) is 1.43. The maximum atomic E-state index is 9.75. The van der Waals surface area contributed by atoms with Gasteiger partial charge in [-0.2, -0.15) is 4.98 Å². The van der Waals surface area contributed by atoms with E-state index in [1.807, 2.05) is 13.8 Å². The highest BCUT2D eigenvalue weighted by Crippen LogP contribution is 2.34. The fourth-order valence-corrected chi connectivity index (χ4v) is 1.50. The smallest absolute Gasteiger partial charge is 0.229 e. The average molecular weight is 226 g/mol. The molecule has 1 fully saturated rings. The van der Waals surface area contributed by atoms with E-state index < -0.39 is 5.60 Å². The van der Waals surface area contributed by atoms with Gasteiger partial charge in [0.25, 0.3) is 0 Å². The molecule has 1 atom stereocenters. The maximum absolute atomic E-state index is 9.75. The molecule has 0 saturated heterocycles. The molecule has 16 heavy (non-hydrogen) atoms. The molecular formula is C11H18N2O3. The van der Waals surface area contributed by atoms with E-state index in [2.05, 4.69) is 10.1 Å². The van der Waals surface area contributed by atoms with Gasteiger partial charge in [-0.15, -0.1) is 0 Å². The Morgan fingerprint density at radius 3 is 2.81 bits per heavy atom. The van der Waals surface area contributed by atoms with E-state index in [4.69, 9.17) is 9.26 Å². The second kappa shape index (κ2) is 4.14. The van der Waals surface area contributed by atoms with Crippen molar-refractivity contribution in [1.29, 1.82) is 0 Å². The Kier molecular flexibility index (Phi) is 2.99. The van der Waals surface area contributed by atoms with Crippen LogP contribution in [0.4, 0.5) is 0 Å².